The van der Waals surface area contributed by atoms with E-state index < -0.39 is 0 Å². The average molecular weight is 233 g/mol. The number of hydrogen-bond donors (Lipinski definition) is 1. The summed E-state index contributed by atoms with van der Waals surface area (Å²) in [6.45, 7) is 6.31. The van der Waals surface area contributed by atoms with Crippen LogP contribution < -0.4 is 10.2 Å². The van der Waals surface area contributed by atoms with Crippen molar-refractivity contribution >= 4 is 11.6 Å². The number of hydrogen-bond acceptors (Lipinski definition) is 3. The summed E-state index contributed by atoms with van der Waals surface area (Å²) in [5.41, 5.74) is 2.00. The molecule has 1 atom stereocenters. The van der Waals surface area contributed by atoms with Gasteiger partial charge < -0.3 is 10.2 Å². The van der Waals surface area contributed by atoms with Crippen LogP contribution in [-0.2, 0) is 4.79 Å². The molecule has 0 aliphatic carbocycles. The first-order chi connectivity index (χ1) is 8.22. The molecule has 1 amide bonds. The summed E-state index contributed by atoms with van der Waals surface area (Å²) < 4.78 is 0. The number of rotatable bonds is 3. The molecular weight excluding hydrogens is 214 g/mol. The number of anilines is 1. The number of carbonyl (C=O) groups excluding carboxylic acids is 1. The number of pyridine rings is 1. The lowest BCUT2D eigenvalue weighted by atomic mass is 10.0. The minimum atomic E-state index is 0.120. The van der Waals surface area contributed by atoms with Crippen LogP contribution in [0, 0.1) is 0 Å². The molecule has 17 heavy (non-hydrogen) atoms. The maximum absolute atomic E-state index is 11.7. The zero-order valence-electron chi connectivity index (χ0n) is 10.4. The molecule has 0 aromatic carbocycles. The van der Waals surface area contributed by atoms with Crippen molar-refractivity contribution in [2.45, 2.75) is 26.2 Å². The normalized spacial score (nSPS) is 18.2. The summed E-state index contributed by atoms with van der Waals surface area (Å²) in [5.74, 6) is 0.595. The fraction of sp³-hybridized carbons (Fsp3) is 0.538. The molecule has 0 spiro atoms. The van der Waals surface area contributed by atoms with Crippen LogP contribution in [0.15, 0.2) is 18.3 Å². The number of amides is 1. The van der Waals surface area contributed by atoms with Gasteiger partial charge in [-0.1, -0.05) is 13.8 Å². The Balaban J connectivity index is 2.14. The smallest absolute Gasteiger partial charge is 0.241 e. The van der Waals surface area contributed by atoms with E-state index in [1.807, 2.05) is 18.3 Å². The fourth-order valence-corrected chi connectivity index (χ4v) is 1.94. The van der Waals surface area contributed by atoms with Gasteiger partial charge in [0.15, 0.2) is 0 Å². The highest BCUT2D eigenvalue weighted by Crippen LogP contribution is 2.20. The lowest BCUT2D eigenvalue weighted by Crippen LogP contribution is -2.48. The number of piperazine rings is 1. The van der Waals surface area contributed by atoms with Gasteiger partial charge in [-0.2, -0.15) is 0 Å². The molecule has 2 heterocycles. The molecule has 4 heteroatoms. The Bertz CT molecular complexity index is 388. The maximum atomic E-state index is 11.7. The van der Waals surface area contributed by atoms with Crippen LogP contribution in [0.2, 0.25) is 0 Å². The zero-order chi connectivity index (χ0) is 12.3. The molecule has 1 aliphatic heterocycles. The molecule has 1 aromatic heterocycles. The third-order valence-corrected chi connectivity index (χ3v) is 3.29. The van der Waals surface area contributed by atoms with Gasteiger partial charge >= 0.3 is 0 Å². The second-order valence-corrected chi connectivity index (χ2v) is 4.47. The number of nitrogens with zero attached hydrogens (tertiary/aromatic N) is 2. The van der Waals surface area contributed by atoms with E-state index >= 15 is 0 Å². The van der Waals surface area contributed by atoms with E-state index in [1.165, 1.54) is 0 Å². The average Bonchev–Trinajstić information content (AvgIpc) is 2.39. The lowest BCUT2D eigenvalue weighted by molar-refractivity contribution is -0.118. The Morgan fingerprint density at radius 2 is 2.35 bits per heavy atom. The molecule has 1 unspecified atom stereocenters. The van der Waals surface area contributed by atoms with Crippen LogP contribution in [0.3, 0.4) is 0 Å². The molecule has 0 radical (unpaired) electrons. The number of nitrogens with one attached hydrogen (secondary N) is 1. The van der Waals surface area contributed by atoms with Crippen molar-refractivity contribution in [2.24, 2.45) is 0 Å². The molecule has 4 nitrogen and oxygen atoms in total. The monoisotopic (exact) mass is 233 g/mol. The van der Waals surface area contributed by atoms with Gasteiger partial charge in [-0.25, -0.2) is 0 Å². The highest BCUT2D eigenvalue weighted by molar-refractivity contribution is 5.95. The summed E-state index contributed by atoms with van der Waals surface area (Å²) in [4.78, 5) is 17.9. The van der Waals surface area contributed by atoms with E-state index in [2.05, 4.69) is 24.1 Å². The van der Waals surface area contributed by atoms with E-state index in [4.69, 9.17) is 0 Å². The Morgan fingerprint density at radius 1 is 1.53 bits per heavy atom. The third kappa shape index (κ3) is 2.64. The Kier molecular flexibility index (Phi) is 3.74. The van der Waals surface area contributed by atoms with E-state index in [9.17, 15) is 4.79 Å². The Morgan fingerprint density at radius 3 is 2.94 bits per heavy atom. The van der Waals surface area contributed by atoms with Crippen molar-refractivity contribution in [1.29, 1.82) is 0 Å². The van der Waals surface area contributed by atoms with Crippen molar-refractivity contribution in [1.82, 2.24) is 10.3 Å². The van der Waals surface area contributed by atoms with Gasteiger partial charge in [-0.15, -0.1) is 0 Å². The first kappa shape index (κ1) is 12.0. The predicted molar refractivity (Wildman–Crippen MR) is 68.2 cm³/mol. The quantitative estimate of drug-likeness (QED) is 0.861. The summed E-state index contributed by atoms with van der Waals surface area (Å²) in [6, 6.07) is 4.02. The Hall–Kier alpha value is -1.42. The van der Waals surface area contributed by atoms with E-state index in [1.54, 1.807) is 4.90 Å². The largest absolute Gasteiger partial charge is 0.309 e. The van der Waals surface area contributed by atoms with Gasteiger partial charge in [0.25, 0.3) is 0 Å². The highest BCUT2D eigenvalue weighted by atomic mass is 16.2. The first-order valence-corrected chi connectivity index (χ1v) is 6.19. The topological polar surface area (TPSA) is 45.2 Å². The molecular formula is C13H19N3O. The van der Waals surface area contributed by atoms with E-state index in [-0.39, 0.29) is 5.91 Å². The highest BCUT2D eigenvalue weighted by Gasteiger charge is 2.19. The van der Waals surface area contributed by atoms with Crippen molar-refractivity contribution in [3.63, 3.8) is 0 Å². The standard InChI is InChI=1S/C13H19N3O/c1-3-10(2)12-5-4-11(8-15-12)16-7-6-14-9-13(16)17/h4-5,8,10,14H,3,6-7,9H2,1-2H3. The minimum Gasteiger partial charge on any atom is -0.309 e. The second kappa shape index (κ2) is 5.27. The van der Waals surface area contributed by atoms with Gasteiger partial charge in [0.05, 0.1) is 18.4 Å². The first-order valence-electron chi connectivity index (χ1n) is 6.19. The molecule has 1 aliphatic rings. The van der Waals surface area contributed by atoms with Gasteiger partial charge in [0.1, 0.15) is 0 Å². The van der Waals surface area contributed by atoms with Crippen LogP contribution in [-0.4, -0.2) is 30.5 Å². The molecule has 1 N–H and O–H groups in total. The van der Waals surface area contributed by atoms with Crippen LogP contribution in [0.4, 0.5) is 5.69 Å². The van der Waals surface area contributed by atoms with Gasteiger partial charge in [0, 0.05) is 18.8 Å². The van der Waals surface area contributed by atoms with Crippen molar-refractivity contribution in [3.05, 3.63) is 24.0 Å². The lowest BCUT2D eigenvalue weighted by Gasteiger charge is -2.27. The Labute approximate surface area is 102 Å². The predicted octanol–water partition coefficient (Wildman–Crippen LogP) is 1.53. The molecule has 1 saturated heterocycles. The van der Waals surface area contributed by atoms with E-state index in [0.29, 0.717) is 12.5 Å². The molecule has 1 fully saturated rings. The van der Waals surface area contributed by atoms with Crippen LogP contribution in [0.1, 0.15) is 31.9 Å². The van der Waals surface area contributed by atoms with Crippen molar-refractivity contribution in [3.8, 4) is 0 Å². The maximum Gasteiger partial charge on any atom is 0.241 e. The summed E-state index contributed by atoms with van der Waals surface area (Å²) in [5, 5.41) is 3.06. The molecule has 92 valence electrons. The van der Waals surface area contributed by atoms with Gasteiger partial charge in [0.2, 0.25) is 5.91 Å². The van der Waals surface area contributed by atoms with Gasteiger partial charge in [-0.05, 0) is 24.5 Å². The van der Waals surface area contributed by atoms with Gasteiger partial charge in [-0.3, -0.25) is 9.78 Å². The molecule has 0 bridgehead atoms. The van der Waals surface area contributed by atoms with Crippen molar-refractivity contribution < 1.29 is 4.79 Å². The van der Waals surface area contributed by atoms with Crippen LogP contribution in [0.25, 0.3) is 0 Å². The van der Waals surface area contributed by atoms with E-state index in [0.717, 1.165) is 30.9 Å². The molecule has 2 rings (SSSR count). The SMILES string of the molecule is CCC(C)c1ccc(N2CCNCC2=O)cn1. The zero-order valence-corrected chi connectivity index (χ0v) is 10.4. The van der Waals surface area contributed by atoms with Crippen molar-refractivity contribution in [2.75, 3.05) is 24.5 Å². The molecule has 0 saturated carbocycles. The summed E-state index contributed by atoms with van der Waals surface area (Å²) in [7, 11) is 0. The summed E-state index contributed by atoms with van der Waals surface area (Å²) >= 11 is 0. The number of carbonyl (C=O) groups is 1. The molecule has 1 aromatic rings. The number of aromatic nitrogens is 1. The fourth-order valence-electron chi connectivity index (χ4n) is 1.94. The van der Waals surface area contributed by atoms with Crippen LogP contribution in [0.5, 0.6) is 0 Å². The minimum absolute atomic E-state index is 0.120. The third-order valence-electron chi connectivity index (χ3n) is 3.29. The second-order valence-electron chi connectivity index (χ2n) is 4.47. The summed E-state index contributed by atoms with van der Waals surface area (Å²) in [6.07, 6.45) is 2.89. The van der Waals surface area contributed by atoms with Crippen LogP contribution >= 0.6 is 0 Å².